The number of quaternary nitrogens is 1. The number of aromatic nitrogens is 1. The van der Waals surface area contributed by atoms with Gasteiger partial charge < -0.3 is 17.3 Å². The lowest BCUT2D eigenvalue weighted by atomic mass is 10.1. The van der Waals surface area contributed by atoms with Gasteiger partial charge in [0.1, 0.15) is 5.69 Å². The molecule has 2 atom stereocenters. The van der Waals surface area contributed by atoms with Crippen molar-refractivity contribution in [3.05, 3.63) is 18.5 Å². The number of fused-ring (bicyclic) bond motifs is 1. The van der Waals surface area contributed by atoms with E-state index in [2.05, 4.69) is 18.8 Å². The van der Waals surface area contributed by atoms with E-state index in [0.29, 0.717) is 6.04 Å². The first kappa shape index (κ1) is 13.9. The minimum Gasteiger partial charge on any atom is -1.00 e. The van der Waals surface area contributed by atoms with Crippen LogP contribution in [0.1, 0.15) is 20.8 Å². The second-order valence-electron chi connectivity index (χ2n) is 4.62. The Labute approximate surface area is 108 Å². The summed E-state index contributed by atoms with van der Waals surface area (Å²) in [7, 11) is 1.82. The van der Waals surface area contributed by atoms with Crippen molar-refractivity contribution < 1.29 is 22.1 Å². The summed E-state index contributed by atoms with van der Waals surface area (Å²) in [5.41, 5.74) is 2.09. The molecule has 0 saturated heterocycles. The lowest BCUT2D eigenvalue weighted by Gasteiger charge is -2.37. The number of anilines is 1. The van der Waals surface area contributed by atoms with Gasteiger partial charge in [-0.1, -0.05) is 0 Å². The van der Waals surface area contributed by atoms with E-state index in [1.165, 1.54) is 10.6 Å². The lowest BCUT2D eigenvalue weighted by molar-refractivity contribution is -0.871. The van der Waals surface area contributed by atoms with Crippen LogP contribution in [0.4, 0.5) is 11.4 Å². The van der Waals surface area contributed by atoms with E-state index in [1.807, 2.05) is 20.0 Å². The van der Waals surface area contributed by atoms with Crippen LogP contribution in [0, 0.1) is 0 Å². The summed E-state index contributed by atoms with van der Waals surface area (Å²) in [4.78, 5) is 19.1. The number of pyridine rings is 1. The fourth-order valence-corrected chi connectivity index (χ4v) is 2.48. The van der Waals surface area contributed by atoms with Gasteiger partial charge in [-0.25, -0.2) is 0 Å². The van der Waals surface area contributed by atoms with Gasteiger partial charge in [0.05, 0.1) is 12.2 Å². The Bertz CT molecular complexity index is 422. The minimum absolute atomic E-state index is 0. The Morgan fingerprint density at radius 3 is 2.71 bits per heavy atom. The number of amides is 1. The first-order valence-electron chi connectivity index (χ1n) is 5.62. The highest BCUT2D eigenvalue weighted by atomic mass is 35.5. The summed E-state index contributed by atoms with van der Waals surface area (Å²) in [5.74, 6) is 0.157. The molecule has 2 rings (SSSR count). The van der Waals surface area contributed by atoms with Gasteiger partial charge in [-0.2, -0.15) is 0 Å². The molecule has 1 aromatic rings. The van der Waals surface area contributed by atoms with Crippen LogP contribution in [0.3, 0.4) is 0 Å². The molecular weight excluding hydrogens is 238 g/mol. The van der Waals surface area contributed by atoms with E-state index in [1.54, 1.807) is 17.3 Å². The van der Waals surface area contributed by atoms with E-state index in [4.69, 9.17) is 0 Å². The molecule has 0 spiro atoms. The summed E-state index contributed by atoms with van der Waals surface area (Å²) in [6.45, 7) is 6.25. The van der Waals surface area contributed by atoms with Crippen molar-refractivity contribution in [1.29, 1.82) is 0 Å². The molecule has 1 aliphatic heterocycles. The zero-order valence-corrected chi connectivity index (χ0v) is 11.3. The fourth-order valence-electron chi connectivity index (χ4n) is 2.48. The highest BCUT2D eigenvalue weighted by Gasteiger charge is 2.39. The van der Waals surface area contributed by atoms with E-state index in [0.717, 1.165) is 5.69 Å². The number of likely N-dealkylation sites (N-methyl/N-ethyl adjacent to an activating group) is 1. The van der Waals surface area contributed by atoms with Gasteiger partial charge in [0.2, 0.25) is 0 Å². The maximum atomic E-state index is 12.1. The first-order chi connectivity index (χ1) is 7.54. The lowest BCUT2D eigenvalue weighted by Crippen LogP contribution is -3.16. The number of nitrogens with one attached hydrogen (secondary N) is 1. The van der Waals surface area contributed by atoms with Crippen LogP contribution in [-0.2, 0) is 4.79 Å². The van der Waals surface area contributed by atoms with Gasteiger partial charge in [-0.3, -0.25) is 14.7 Å². The molecular formula is C12H18ClN3O. The molecule has 5 heteroatoms. The number of rotatable bonds is 1. The van der Waals surface area contributed by atoms with Crippen LogP contribution in [0.5, 0.6) is 0 Å². The first-order valence-corrected chi connectivity index (χ1v) is 5.62. The summed E-state index contributed by atoms with van der Waals surface area (Å²) in [6, 6.07) is 2.36. The molecule has 4 nitrogen and oxygen atoms in total. The normalized spacial score (nSPS) is 23.4. The number of nitrogens with zero attached hydrogens (tertiary/aromatic N) is 2. The maximum absolute atomic E-state index is 12.1. The average molecular weight is 256 g/mol. The number of hydrogen-bond acceptors (Lipinski definition) is 2. The molecule has 0 aliphatic carbocycles. The van der Waals surface area contributed by atoms with Crippen molar-refractivity contribution >= 4 is 17.3 Å². The molecule has 1 aliphatic rings. The van der Waals surface area contributed by atoms with E-state index >= 15 is 0 Å². The Morgan fingerprint density at radius 2 is 2.12 bits per heavy atom. The molecule has 2 heterocycles. The molecule has 0 aromatic carbocycles. The van der Waals surface area contributed by atoms with E-state index in [-0.39, 0.29) is 24.4 Å². The van der Waals surface area contributed by atoms with Gasteiger partial charge in [0.15, 0.2) is 11.7 Å². The fraction of sp³-hybridized carbons (Fsp3) is 0.500. The predicted molar refractivity (Wildman–Crippen MR) is 62.9 cm³/mol. The Morgan fingerprint density at radius 1 is 1.47 bits per heavy atom. The Kier molecular flexibility index (Phi) is 4.11. The van der Waals surface area contributed by atoms with Gasteiger partial charge in [-0.05, 0) is 20.8 Å². The molecule has 17 heavy (non-hydrogen) atoms. The zero-order valence-electron chi connectivity index (χ0n) is 10.6. The minimum atomic E-state index is -0.0279. The van der Waals surface area contributed by atoms with Gasteiger partial charge >= 0.3 is 0 Å². The van der Waals surface area contributed by atoms with Gasteiger partial charge in [-0.15, -0.1) is 0 Å². The van der Waals surface area contributed by atoms with Gasteiger partial charge in [0, 0.05) is 19.3 Å². The molecule has 0 bridgehead atoms. The average Bonchev–Trinajstić information content (AvgIpc) is 2.26. The zero-order chi connectivity index (χ0) is 11.9. The second-order valence-corrected chi connectivity index (χ2v) is 4.62. The number of carbonyl (C=O) groups is 1. The molecule has 0 saturated carbocycles. The summed E-state index contributed by atoms with van der Waals surface area (Å²) in [6.07, 6.45) is 3.55. The number of carbonyl (C=O) groups excluding carboxylic acids is 1. The van der Waals surface area contributed by atoms with Crippen LogP contribution in [0.25, 0.3) is 0 Å². The molecule has 1 aromatic heterocycles. The van der Waals surface area contributed by atoms with Crippen molar-refractivity contribution in [2.75, 3.05) is 11.9 Å². The standard InChI is InChI=1S/C12H17N3O.ClH/c1-8(2)15-9(3)12(16)14(4)11-7-13-6-5-10(11)15;/h5-9H,1-4H3;1H/t9-;/m1./s1. The third kappa shape index (κ3) is 2.15. The topological polar surface area (TPSA) is 37.6 Å². The van der Waals surface area contributed by atoms with Gasteiger partial charge in [0.25, 0.3) is 5.91 Å². The van der Waals surface area contributed by atoms with Crippen molar-refractivity contribution in [2.24, 2.45) is 0 Å². The van der Waals surface area contributed by atoms with E-state index < -0.39 is 0 Å². The Balaban J connectivity index is 0.00000144. The summed E-state index contributed by atoms with van der Waals surface area (Å²) in [5, 5.41) is 0. The van der Waals surface area contributed by atoms with Crippen LogP contribution in [0.2, 0.25) is 0 Å². The molecule has 1 unspecified atom stereocenters. The van der Waals surface area contributed by atoms with Crippen LogP contribution in [-0.4, -0.2) is 30.0 Å². The number of hydrogen-bond donors (Lipinski definition) is 1. The highest BCUT2D eigenvalue weighted by molar-refractivity contribution is 5.99. The van der Waals surface area contributed by atoms with Crippen LogP contribution in [0.15, 0.2) is 18.5 Å². The van der Waals surface area contributed by atoms with Crippen LogP contribution < -0.4 is 22.2 Å². The summed E-state index contributed by atoms with van der Waals surface area (Å²) < 4.78 is 0. The van der Waals surface area contributed by atoms with E-state index in [9.17, 15) is 4.79 Å². The van der Waals surface area contributed by atoms with Crippen LogP contribution >= 0.6 is 0 Å². The third-order valence-electron chi connectivity index (χ3n) is 3.26. The molecule has 0 fully saturated rings. The monoisotopic (exact) mass is 255 g/mol. The maximum Gasteiger partial charge on any atom is 0.285 e. The van der Waals surface area contributed by atoms with Crippen molar-refractivity contribution in [1.82, 2.24) is 4.98 Å². The smallest absolute Gasteiger partial charge is 0.285 e. The molecule has 94 valence electrons. The Hall–Kier alpha value is -1.13. The second kappa shape index (κ2) is 5.02. The largest absolute Gasteiger partial charge is 1.00 e. The molecule has 1 amide bonds. The third-order valence-corrected chi connectivity index (χ3v) is 3.26. The quantitative estimate of drug-likeness (QED) is 0.597. The number of halogens is 1. The van der Waals surface area contributed by atoms with Crippen molar-refractivity contribution in [2.45, 2.75) is 32.9 Å². The van der Waals surface area contributed by atoms with Crippen molar-refractivity contribution in [3.63, 3.8) is 0 Å². The van der Waals surface area contributed by atoms with Crippen molar-refractivity contribution in [3.8, 4) is 0 Å². The SMILES string of the molecule is CC(C)[NH+]1c2ccncc2N(C)C(=O)[C@H]1C.[Cl-]. The molecule has 1 N–H and O–H groups in total. The molecule has 0 radical (unpaired) electrons. The predicted octanol–water partition coefficient (Wildman–Crippen LogP) is -2.62. The highest BCUT2D eigenvalue weighted by Crippen LogP contribution is 2.24. The summed E-state index contributed by atoms with van der Waals surface area (Å²) >= 11 is 0.